The Balaban J connectivity index is 3.06. The Hall–Kier alpha value is -0.850. The van der Waals surface area contributed by atoms with Crippen LogP contribution in [0.25, 0.3) is 0 Å². The van der Waals surface area contributed by atoms with Crippen molar-refractivity contribution in [2.75, 3.05) is 0 Å². The number of benzene rings is 1. The van der Waals surface area contributed by atoms with Crippen LogP contribution in [-0.2, 0) is 0 Å². The molecule has 1 unspecified atom stereocenters. The van der Waals surface area contributed by atoms with Crippen molar-refractivity contribution in [3.05, 3.63) is 42.1 Å². The summed E-state index contributed by atoms with van der Waals surface area (Å²) < 4.78 is 13.4. The SMILES string of the molecule is [CH2]C(C)c1ccc(C(C)C)c(F)c1. The highest BCUT2D eigenvalue weighted by atomic mass is 19.1. The van der Waals surface area contributed by atoms with Gasteiger partial charge in [0.1, 0.15) is 5.82 Å². The first-order valence-electron chi connectivity index (χ1n) is 4.64. The van der Waals surface area contributed by atoms with Crippen molar-refractivity contribution in [2.45, 2.75) is 32.6 Å². The molecule has 0 saturated heterocycles. The molecule has 0 spiro atoms. The van der Waals surface area contributed by atoms with Crippen LogP contribution in [0.1, 0.15) is 43.7 Å². The first kappa shape index (κ1) is 10.2. The predicted octanol–water partition coefficient (Wildman–Crippen LogP) is 3.89. The number of rotatable bonds is 2. The molecule has 0 heterocycles. The van der Waals surface area contributed by atoms with E-state index >= 15 is 0 Å². The zero-order valence-electron chi connectivity index (χ0n) is 8.47. The minimum atomic E-state index is -0.108. The fraction of sp³-hybridized carbons (Fsp3) is 0.417. The van der Waals surface area contributed by atoms with Crippen LogP contribution < -0.4 is 0 Å². The lowest BCUT2D eigenvalue weighted by molar-refractivity contribution is 0.595. The third-order valence-corrected chi connectivity index (χ3v) is 2.22. The first-order chi connectivity index (χ1) is 6.02. The van der Waals surface area contributed by atoms with Gasteiger partial charge in [-0.2, -0.15) is 0 Å². The van der Waals surface area contributed by atoms with E-state index in [2.05, 4.69) is 6.92 Å². The molecule has 1 aromatic rings. The summed E-state index contributed by atoms with van der Waals surface area (Å²) in [6, 6.07) is 5.40. The van der Waals surface area contributed by atoms with Crippen LogP contribution in [0.5, 0.6) is 0 Å². The lowest BCUT2D eigenvalue weighted by atomic mass is 9.97. The van der Waals surface area contributed by atoms with Crippen LogP contribution in [0.2, 0.25) is 0 Å². The van der Waals surface area contributed by atoms with Crippen molar-refractivity contribution < 1.29 is 4.39 Å². The van der Waals surface area contributed by atoms with Gasteiger partial charge in [0.25, 0.3) is 0 Å². The Morgan fingerprint density at radius 3 is 2.23 bits per heavy atom. The molecular weight excluding hydrogens is 163 g/mol. The van der Waals surface area contributed by atoms with Gasteiger partial charge in [0.2, 0.25) is 0 Å². The fourth-order valence-electron chi connectivity index (χ4n) is 1.32. The largest absolute Gasteiger partial charge is 0.207 e. The Labute approximate surface area is 79.8 Å². The highest BCUT2D eigenvalue weighted by Gasteiger charge is 2.08. The standard InChI is InChI=1S/C12H16F/c1-8(2)10-5-6-11(9(3)4)12(13)7-10/h5-9H,1H2,2-4H3. The van der Waals surface area contributed by atoms with Crippen LogP contribution >= 0.6 is 0 Å². The normalized spacial score (nSPS) is 11.3. The minimum absolute atomic E-state index is 0.108. The molecule has 1 heteroatoms. The number of halogens is 1. The van der Waals surface area contributed by atoms with Crippen LogP contribution in [0, 0.1) is 12.7 Å². The second-order valence-electron chi connectivity index (χ2n) is 3.84. The average molecular weight is 179 g/mol. The molecule has 0 fully saturated rings. The zero-order chi connectivity index (χ0) is 10.0. The van der Waals surface area contributed by atoms with Gasteiger partial charge in [0.05, 0.1) is 0 Å². The van der Waals surface area contributed by atoms with Gasteiger partial charge in [-0.1, -0.05) is 32.9 Å². The summed E-state index contributed by atoms with van der Waals surface area (Å²) in [6.45, 7) is 9.80. The topological polar surface area (TPSA) is 0 Å². The molecule has 1 aromatic carbocycles. The molecule has 0 aliphatic carbocycles. The van der Waals surface area contributed by atoms with E-state index in [0.717, 1.165) is 11.1 Å². The van der Waals surface area contributed by atoms with Crippen molar-refractivity contribution >= 4 is 0 Å². The summed E-state index contributed by atoms with van der Waals surface area (Å²) in [5.74, 6) is 0.285. The molecule has 0 aliphatic rings. The third-order valence-electron chi connectivity index (χ3n) is 2.22. The molecule has 1 atom stereocenters. The predicted molar refractivity (Wildman–Crippen MR) is 54.3 cm³/mol. The lowest BCUT2D eigenvalue weighted by Crippen LogP contribution is -1.96. The summed E-state index contributed by atoms with van der Waals surface area (Å²) in [5.41, 5.74) is 1.74. The van der Waals surface area contributed by atoms with Crippen LogP contribution in [0.15, 0.2) is 18.2 Å². The molecule has 0 nitrogen and oxygen atoms in total. The average Bonchev–Trinajstić information content (AvgIpc) is 2.03. The van der Waals surface area contributed by atoms with Crippen molar-refractivity contribution in [2.24, 2.45) is 0 Å². The van der Waals surface area contributed by atoms with Gasteiger partial charge >= 0.3 is 0 Å². The molecule has 0 aliphatic heterocycles. The highest BCUT2D eigenvalue weighted by molar-refractivity contribution is 5.28. The molecule has 0 bridgehead atoms. The van der Waals surface area contributed by atoms with Crippen LogP contribution in [0.4, 0.5) is 4.39 Å². The Kier molecular flexibility index (Phi) is 3.07. The van der Waals surface area contributed by atoms with Crippen molar-refractivity contribution in [3.8, 4) is 0 Å². The molecule has 1 rings (SSSR count). The lowest BCUT2D eigenvalue weighted by Gasteiger charge is -2.10. The van der Waals surface area contributed by atoms with Gasteiger partial charge in [-0.25, -0.2) is 4.39 Å². The molecule has 0 amide bonds. The Morgan fingerprint density at radius 1 is 1.23 bits per heavy atom. The smallest absolute Gasteiger partial charge is 0.126 e. The monoisotopic (exact) mass is 179 g/mol. The first-order valence-corrected chi connectivity index (χ1v) is 4.64. The van der Waals surface area contributed by atoms with E-state index in [1.54, 1.807) is 6.07 Å². The van der Waals surface area contributed by atoms with Crippen LogP contribution in [-0.4, -0.2) is 0 Å². The van der Waals surface area contributed by atoms with Crippen molar-refractivity contribution in [1.82, 2.24) is 0 Å². The summed E-state index contributed by atoms with van der Waals surface area (Å²) in [6.07, 6.45) is 0. The van der Waals surface area contributed by atoms with E-state index in [1.165, 1.54) is 0 Å². The molecule has 0 saturated carbocycles. The third kappa shape index (κ3) is 2.30. The van der Waals surface area contributed by atoms with Gasteiger partial charge in [-0.15, -0.1) is 0 Å². The highest BCUT2D eigenvalue weighted by Crippen LogP contribution is 2.22. The summed E-state index contributed by atoms with van der Waals surface area (Å²) in [7, 11) is 0. The molecule has 13 heavy (non-hydrogen) atoms. The maximum Gasteiger partial charge on any atom is 0.126 e. The minimum Gasteiger partial charge on any atom is -0.207 e. The van der Waals surface area contributed by atoms with E-state index in [-0.39, 0.29) is 17.7 Å². The zero-order valence-corrected chi connectivity index (χ0v) is 8.47. The van der Waals surface area contributed by atoms with Crippen molar-refractivity contribution in [3.63, 3.8) is 0 Å². The number of hydrogen-bond donors (Lipinski definition) is 0. The molecule has 71 valence electrons. The molecule has 0 aromatic heterocycles. The van der Waals surface area contributed by atoms with E-state index in [0.29, 0.717) is 0 Å². The van der Waals surface area contributed by atoms with E-state index in [9.17, 15) is 4.39 Å². The van der Waals surface area contributed by atoms with Gasteiger partial charge in [-0.05, 0) is 36.0 Å². The van der Waals surface area contributed by atoms with E-state index in [4.69, 9.17) is 0 Å². The summed E-state index contributed by atoms with van der Waals surface area (Å²) >= 11 is 0. The fourth-order valence-corrected chi connectivity index (χ4v) is 1.32. The number of hydrogen-bond acceptors (Lipinski definition) is 0. The summed E-state index contributed by atoms with van der Waals surface area (Å²) in [4.78, 5) is 0. The molecule has 1 radical (unpaired) electrons. The van der Waals surface area contributed by atoms with Gasteiger partial charge in [0.15, 0.2) is 0 Å². The Morgan fingerprint density at radius 2 is 1.85 bits per heavy atom. The molecule has 0 N–H and O–H groups in total. The van der Waals surface area contributed by atoms with Crippen molar-refractivity contribution in [1.29, 1.82) is 0 Å². The maximum atomic E-state index is 13.4. The van der Waals surface area contributed by atoms with Gasteiger partial charge < -0.3 is 0 Å². The second kappa shape index (κ2) is 3.91. The van der Waals surface area contributed by atoms with Gasteiger partial charge in [-0.3, -0.25) is 0 Å². The van der Waals surface area contributed by atoms with E-state index in [1.807, 2.05) is 32.9 Å². The van der Waals surface area contributed by atoms with Crippen LogP contribution in [0.3, 0.4) is 0 Å². The van der Waals surface area contributed by atoms with Gasteiger partial charge in [0, 0.05) is 0 Å². The summed E-state index contributed by atoms with van der Waals surface area (Å²) in [5, 5.41) is 0. The Bertz CT molecular complexity index is 287. The quantitative estimate of drug-likeness (QED) is 0.646. The second-order valence-corrected chi connectivity index (χ2v) is 3.84. The molecular formula is C12H16F. The van der Waals surface area contributed by atoms with E-state index < -0.39 is 0 Å². The maximum absolute atomic E-state index is 13.4.